The maximum atomic E-state index is 13.4. The molecule has 0 unspecified atom stereocenters. The number of alkyl halides is 3. The second kappa shape index (κ2) is 10.3. The number of piperidine rings is 1. The van der Waals surface area contributed by atoms with Crippen molar-refractivity contribution < 1.29 is 13.2 Å². The van der Waals surface area contributed by atoms with Crippen LogP contribution in [0.15, 0.2) is 42.0 Å². The van der Waals surface area contributed by atoms with Crippen LogP contribution in [-0.4, -0.2) is 67.6 Å². The Morgan fingerprint density at radius 1 is 0.909 bits per heavy atom. The van der Waals surface area contributed by atoms with E-state index in [1.54, 1.807) is 6.07 Å². The molecule has 2 aliphatic heterocycles. The summed E-state index contributed by atoms with van der Waals surface area (Å²) in [6.07, 6.45) is 1.21. The van der Waals surface area contributed by atoms with Crippen molar-refractivity contribution in [2.24, 2.45) is 0 Å². The molecule has 33 heavy (non-hydrogen) atoms. The Balaban J connectivity index is 1.61. The Morgan fingerprint density at radius 2 is 1.58 bits per heavy atom. The van der Waals surface area contributed by atoms with Crippen molar-refractivity contribution in [3.05, 3.63) is 53.2 Å². The first-order valence-corrected chi connectivity index (χ1v) is 11.8. The number of anilines is 1. The summed E-state index contributed by atoms with van der Waals surface area (Å²) >= 11 is 0. The smallest absolute Gasteiger partial charge is 0.369 e. The van der Waals surface area contributed by atoms with Gasteiger partial charge in [-0.15, -0.1) is 0 Å². The van der Waals surface area contributed by atoms with Crippen LogP contribution < -0.4 is 4.90 Å². The van der Waals surface area contributed by atoms with Gasteiger partial charge in [-0.2, -0.15) is 13.2 Å². The molecule has 178 valence electrons. The summed E-state index contributed by atoms with van der Waals surface area (Å²) in [4.78, 5) is 11.1. The van der Waals surface area contributed by atoms with Gasteiger partial charge in [0.1, 0.15) is 5.69 Å². The fraction of sp³-hybridized carbons (Fsp3) is 0.500. The van der Waals surface area contributed by atoms with Crippen molar-refractivity contribution in [3.63, 3.8) is 0 Å². The molecule has 0 atom stereocenters. The topological polar surface area (TPSA) is 22.6 Å². The molecule has 1 aromatic heterocycles. The third-order valence-corrected chi connectivity index (χ3v) is 6.55. The van der Waals surface area contributed by atoms with Crippen LogP contribution in [0.5, 0.6) is 0 Å². The number of hydrogen-bond donors (Lipinski definition) is 0. The number of aromatic nitrogens is 1. The molecule has 0 bridgehead atoms. The lowest BCUT2D eigenvalue weighted by Gasteiger charge is -2.34. The van der Waals surface area contributed by atoms with Crippen molar-refractivity contribution in [1.29, 1.82) is 0 Å². The highest BCUT2D eigenvalue weighted by Gasteiger charge is 2.33. The molecule has 2 saturated heterocycles. The summed E-state index contributed by atoms with van der Waals surface area (Å²) in [5.74, 6) is 0. The zero-order valence-corrected chi connectivity index (χ0v) is 19.5. The van der Waals surface area contributed by atoms with Gasteiger partial charge in [0.25, 0.3) is 0 Å². The molecule has 2 aromatic rings. The van der Waals surface area contributed by atoms with Crippen molar-refractivity contribution in [2.75, 3.05) is 57.8 Å². The van der Waals surface area contributed by atoms with Crippen molar-refractivity contribution in [1.82, 2.24) is 14.8 Å². The van der Waals surface area contributed by atoms with Gasteiger partial charge >= 0.3 is 6.18 Å². The van der Waals surface area contributed by atoms with E-state index in [1.165, 1.54) is 19.3 Å². The van der Waals surface area contributed by atoms with Gasteiger partial charge < -0.3 is 9.80 Å². The SMILES string of the molecule is C/C(=C\c1ccc(C(F)(F)F)nc1-c1ccc(N2CCN(C)CC2)cc1)CN1CCCCC1. The Hall–Kier alpha value is -2.38. The summed E-state index contributed by atoms with van der Waals surface area (Å²) < 4.78 is 40.3. The van der Waals surface area contributed by atoms with Crippen LogP contribution in [0.2, 0.25) is 0 Å². The normalized spacial score (nSPS) is 19.2. The predicted octanol–water partition coefficient (Wildman–Crippen LogP) is 5.41. The van der Waals surface area contributed by atoms with Gasteiger partial charge in [-0.25, -0.2) is 4.98 Å². The molecular formula is C26H33F3N4. The van der Waals surface area contributed by atoms with E-state index < -0.39 is 11.9 Å². The zero-order chi connectivity index (χ0) is 23.4. The van der Waals surface area contributed by atoms with Crippen LogP contribution in [-0.2, 0) is 6.18 Å². The number of piperazine rings is 1. The average molecular weight is 459 g/mol. The second-order valence-corrected chi connectivity index (χ2v) is 9.30. The number of hydrogen-bond acceptors (Lipinski definition) is 4. The van der Waals surface area contributed by atoms with Crippen LogP contribution in [0.1, 0.15) is 37.4 Å². The lowest BCUT2D eigenvalue weighted by atomic mass is 10.0. The van der Waals surface area contributed by atoms with Gasteiger partial charge in [-0.1, -0.05) is 36.3 Å². The van der Waals surface area contributed by atoms with Gasteiger partial charge in [0.15, 0.2) is 0 Å². The number of rotatable bonds is 5. The van der Waals surface area contributed by atoms with Gasteiger partial charge in [0.05, 0.1) is 5.69 Å². The van der Waals surface area contributed by atoms with Gasteiger partial charge in [0, 0.05) is 49.5 Å². The molecular weight excluding hydrogens is 425 g/mol. The molecule has 0 radical (unpaired) electrons. The van der Waals surface area contributed by atoms with Crippen LogP contribution in [0.4, 0.5) is 18.9 Å². The van der Waals surface area contributed by atoms with Crippen molar-refractivity contribution >= 4 is 11.8 Å². The monoisotopic (exact) mass is 458 g/mol. The fourth-order valence-corrected chi connectivity index (χ4v) is 4.65. The van der Waals surface area contributed by atoms with Gasteiger partial charge in [0.2, 0.25) is 0 Å². The quantitative estimate of drug-likeness (QED) is 0.598. The molecule has 2 fully saturated rings. The third kappa shape index (κ3) is 6.15. The zero-order valence-electron chi connectivity index (χ0n) is 19.5. The standard InChI is InChI=1S/C26H33F3N4/c1-20(19-32-12-4-3-5-13-32)18-22-8-11-24(26(27,28)29)30-25(22)21-6-9-23(10-7-21)33-16-14-31(2)15-17-33/h6-11,18H,3-5,12-17,19H2,1-2H3/b20-18+. The Labute approximate surface area is 194 Å². The predicted molar refractivity (Wildman–Crippen MR) is 128 cm³/mol. The lowest BCUT2D eigenvalue weighted by Crippen LogP contribution is -2.44. The average Bonchev–Trinajstić information content (AvgIpc) is 2.80. The van der Waals surface area contributed by atoms with E-state index in [0.29, 0.717) is 11.3 Å². The van der Waals surface area contributed by atoms with Crippen molar-refractivity contribution in [2.45, 2.75) is 32.4 Å². The number of pyridine rings is 1. The Morgan fingerprint density at radius 3 is 2.21 bits per heavy atom. The summed E-state index contributed by atoms with van der Waals surface area (Å²) in [5, 5.41) is 0. The van der Waals surface area contributed by atoms with E-state index in [0.717, 1.165) is 68.7 Å². The first kappa shape index (κ1) is 23.8. The summed E-state index contributed by atoms with van der Waals surface area (Å²) in [7, 11) is 2.11. The summed E-state index contributed by atoms with van der Waals surface area (Å²) in [6.45, 7) is 8.94. The first-order valence-electron chi connectivity index (χ1n) is 11.8. The minimum Gasteiger partial charge on any atom is -0.369 e. The number of benzene rings is 1. The number of halogens is 3. The summed E-state index contributed by atoms with van der Waals surface area (Å²) in [5.41, 5.74) is 3.19. The van der Waals surface area contributed by atoms with E-state index in [9.17, 15) is 13.2 Å². The highest BCUT2D eigenvalue weighted by atomic mass is 19.4. The van der Waals surface area contributed by atoms with E-state index in [4.69, 9.17) is 0 Å². The molecule has 0 saturated carbocycles. The number of nitrogens with zero attached hydrogens (tertiary/aromatic N) is 4. The van der Waals surface area contributed by atoms with E-state index in [1.807, 2.05) is 37.3 Å². The maximum Gasteiger partial charge on any atom is 0.433 e. The third-order valence-electron chi connectivity index (χ3n) is 6.55. The Kier molecular flexibility index (Phi) is 7.39. The largest absolute Gasteiger partial charge is 0.433 e. The minimum absolute atomic E-state index is 0.382. The van der Waals surface area contributed by atoms with E-state index in [2.05, 4.69) is 26.7 Å². The molecule has 3 heterocycles. The number of likely N-dealkylation sites (tertiary alicyclic amines) is 1. The van der Waals surface area contributed by atoms with E-state index in [-0.39, 0.29) is 0 Å². The van der Waals surface area contributed by atoms with Gasteiger partial charge in [-0.05, 0) is 58.1 Å². The second-order valence-electron chi connectivity index (χ2n) is 9.30. The van der Waals surface area contributed by atoms with Crippen molar-refractivity contribution in [3.8, 4) is 11.3 Å². The molecule has 0 N–H and O–H groups in total. The summed E-state index contributed by atoms with van der Waals surface area (Å²) in [6, 6.07) is 10.4. The fourth-order valence-electron chi connectivity index (χ4n) is 4.65. The molecule has 4 rings (SSSR count). The molecule has 0 amide bonds. The van der Waals surface area contributed by atoms with Crippen LogP contribution in [0, 0.1) is 0 Å². The first-order chi connectivity index (χ1) is 15.8. The van der Waals surface area contributed by atoms with E-state index >= 15 is 0 Å². The maximum absolute atomic E-state index is 13.4. The molecule has 2 aliphatic rings. The van der Waals surface area contributed by atoms with Crippen LogP contribution >= 0.6 is 0 Å². The number of likely N-dealkylation sites (N-methyl/N-ethyl adjacent to an activating group) is 1. The Bertz CT molecular complexity index is 954. The molecule has 7 heteroatoms. The lowest BCUT2D eigenvalue weighted by molar-refractivity contribution is -0.141. The van der Waals surface area contributed by atoms with Gasteiger partial charge in [-0.3, -0.25) is 4.90 Å². The highest BCUT2D eigenvalue weighted by molar-refractivity contribution is 5.74. The molecule has 1 aromatic carbocycles. The molecule has 4 nitrogen and oxygen atoms in total. The van der Waals surface area contributed by atoms with Crippen LogP contribution in [0.3, 0.4) is 0 Å². The minimum atomic E-state index is -4.47. The molecule has 0 aliphatic carbocycles. The molecule has 0 spiro atoms. The highest BCUT2D eigenvalue weighted by Crippen LogP contribution is 2.33. The van der Waals surface area contributed by atoms with Crippen LogP contribution in [0.25, 0.3) is 17.3 Å².